The number of aliphatic hydroxyl groups is 1. The third kappa shape index (κ3) is 2.56. The van der Waals surface area contributed by atoms with Crippen LogP contribution in [0, 0.1) is 0 Å². The Labute approximate surface area is 103 Å². The van der Waals surface area contributed by atoms with Gasteiger partial charge in [0.1, 0.15) is 0 Å². The molecule has 0 amide bonds. The van der Waals surface area contributed by atoms with Gasteiger partial charge in [0, 0.05) is 0 Å². The Balaban J connectivity index is 2.45. The second-order valence-corrected chi connectivity index (χ2v) is 4.60. The molecule has 0 aliphatic rings. The van der Waals surface area contributed by atoms with Crippen molar-refractivity contribution in [1.29, 1.82) is 0 Å². The van der Waals surface area contributed by atoms with Gasteiger partial charge in [-0.1, -0.05) is 62.4 Å². The van der Waals surface area contributed by atoms with Gasteiger partial charge in [-0.05, 0) is 28.2 Å². The molecule has 0 unspecified atom stereocenters. The van der Waals surface area contributed by atoms with E-state index in [0.29, 0.717) is 5.92 Å². The molecular weight excluding hydrogens is 208 g/mol. The van der Waals surface area contributed by atoms with Gasteiger partial charge in [-0.3, -0.25) is 0 Å². The molecule has 2 rings (SSSR count). The molecule has 0 spiro atoms. The average molecular weight is 226 g/mol. The van der Waals surface area contributed by atoms with E-state index in [1.165, 1.54) is 16.7 Å². The van der Waals surface area contributed by atoms with Crippen molar-refractivity contribution >= 4 is 0 Å². The third-order valence-electron chi connectivity index (χ3n) is 3.03. The summed E-state index contributed by atoms with van der Waals surface area (Å²) in [6.45, 7) is 4.52. The standard InChI is InChI=1S/C16H18O/c1-12(2)15-5-3-4-6-16(15)14-9-7-13(11-17)8-10-14/h3-10,12,17H,11H2,1-2H3. The van der Waals surface area contributed by atoms with Gasteiger partial charge in [0.2, 0.25) is 0 Å². The lowest BCUT2D eigenvalue weighted by Gasteiger charge is -2.13. The van der Waals surface area contributed by atoms with Crippen LogP contribution in [0.15, 0.2) is 48.5 Å². The van der Waals surface area contributed by atoms with E-state index in [4.69, 9.17) is 5.11 Å². The summed E-state index contributed by atoms with van der Waals surface area (Å²) in [5.41, 5.74) is 4.82. The zero-order valence-electron chi connectivity index (χ0n) is 10.4. The van der Waals surface area contributed by atoms with Crippen LogP contribution in [0.3, 0.4) is 0 Å². The molecule has 0 aromatic heterocycles. The Bertz CT molecular complexity index is 483. The Hall–Kier alpha value is -1.60. The van der Waals surface area contributed by atoms with Crippen LogP contribution < -0.4 is 0 Å². The van der Waals surface area contributed by atoms with E-state index in [1.807, 2.05) is 12.1 Å². The van der Waals surface area contributed by atoms with E-state index in [2.05, 4.69) is 50.2 Å². The van der Waals surface area contributed by atoms with Gasteiger partial charge in [0.15, 0.2) is 0 Å². The molecule has 1 N–H and O–H groups in total. The molecule has 0 radical (unpaired) electrons. The van der Waals surface area contributed by atoms with Crippen molar-refractivity contribution in [3.8, 4) is 11.1 Å². The summed E-state index contributed by atoms with van der Waals surface area (Å²) >= 11 is 0. The number of hydrogen-bond donors (Lipinski definition) is 1. The quantitative estimate of drug-likeness (QED) is 0.839. The minimum absolute atomic E-state index is 0.103. The van der Waals surface area contributed by atoms with Gasteiger partial charge in [-0.15, -0.1) is 0 Å². The highest BCUT2D eigenvalue weighted by Crippen LogP contribution is 2.29. The molecule has 0 aliphatic carbocycles. The van der Waals surface area contributed by atoms with Gasteiger partial charge in [-0.2, -0.15) is 0 Å². The zero-order valence-corrected chi connectivity index (χ0v) is 10.4. The molecule has 0 heterocycles. The predicted octanol–water partition coefficient (Wildman–Crippen LogP) is 3.97. The normalized spacial score (nSPS) is 10.8. The van der Waals surface area contributed by atoms with E-state index >= 15 is 0 Å². The fraction of sp³-hybridized carbons (Fsp3) is 0.250. The third-order valence-corrected chi connectivity index (χ3v) is 3.03. The highest BCUT2D eigenvalue weighted by atomic mass is 16.3. The molecule has 0 saturated carbocycles. The Kier molecular flexibility index (Phi) is 3.60. The van der Waals surface area contributed by atoms with Crippen molar-refractivity contribution in [2.45, 2.75) is 26.4 Å². The van der Waals surface area contributed by atoms with Gasteiger partial charge in [0.25, 0.3) is 0 Å². The summed E-state index contributed by atoms with van der Waals surface area (Å²) in [5.74, 6) is 0.517. The second-order valence-electron chi connectivity index (χ2n) is 4.60. The minimum Gasteiger partial charge on any atom is -0.392 e. The molecule has 88 valence electrons. The maximum Gasteiger partial charge on any atom is 0.0681 e. The SMILES string of the molecule is CC(C)c1ccccc1-c1ccc(CO)cc1. The zero-order chi connectivity index (χ0) is 12.3. The van der Waals surface area contributed by atoms with Crippen LogP contribution >= 0.6 is 0 Å². The first-order chi connectivity index (χ1) is 8.22. The molecule has 1 heteroatoms. The van der Waals surface area contributed by atoms with Crippen molar-refractivity contribution in [2.75, 3.05) is 0 Å². The van der Waals surface area contributed by atoms with Crippen LogP contribution in [0.5, 0.6) is 0 Å². The summed E-state index contributed by atoms with van der Waals surface area (Å²) in [6.07, 6.45) is 0. The van der Waals surface area contributed by atoms with Crippen LogP contribution in [-0.2, 0) is 6.61 Å². The number of hydrogen-bond acceptors (Lipinski definition) is 1. The maximum absolute atomic E-state index is 9.04. The number of benzene rings is 2. The average Bonchev–Trinajstić information content (AvgIpc) is 2.39. The van der Waals surface area contributed by atoms with E-state index in [0.717, 1.165) is 5.56 Å². The van der Waals surface area contributed by atoms with E-state index in [1.54, 1.807) is 0 Å². The fourth-order valence-corrected chi connectivity index (χ4v) is 2.05. The second kappa shape index (κ2) is 5.15. The van der Waals surface area contributed by atoms with Gasteiger partial charge < -0.3 is 5.11 Å². The molecule has 1 nitrogen and oxygen atoms in total. The van der Waals surface area contributed by atoms with Gasteiger partial charge >= 0.3 is 0 Å². The monoisotopic (exact) mass is 226 g/mol. The van der Waals surface area contributed by atoms with Gasteiger partial charge in [0.05, 0.1) is 6.61 Å². The first kappa shape index (κ1) is 11.9. The maximum atomic E-state index is 9.04. The molecule has 2 aromatic carbocycles. The molecule has 0 bridgehead atoms. The van der Waals surface area contributed by atoms with Crippen molar-refractivity contribution in [3.63, 3.8) is 0 Å². The smallest absolute Gasteiger partial charge is 0.0681 e. The lowest BCUT2D eigenvalue weighted by Crippen LogP contribution is -1.92. The molecule has 17 heavy (non-hydrogen) atoms. The first-order valence-electron chi connectivity index (χ1n) is 6.01. The fourth-order valence-electron chi connectivity index (χ4n) is 2.05. The van der Waals surface area contributed by atoms with Crippen LogP contribution in [0.2, 0.25) is 0 Å². The minimum atomic E-state index is 0.103. The van der Waals surface area contributed by atoms with Crippen LogP contribution in [0.1, 0.15) is 30.9 Å². The topological polar surface area (TPSA) is 20.2 Å². The van der Waals surface area contributed by atoms with E-state index < -0.39 is 0 Å². The molecular formula is C16H18O. The molecule has 0 atom stereocenters. The largest absolute Gasteiger partial charge is 0.392 e. The van der Waals surface area contributed by atoms with Crippen molar-refractivity contribution in [3.05, 3.63) is 59.7 Å². The Morgan fingerprint density at radius 2 is 1.59 bits per heavy atom. The number of rotatable bonds is 3. The van der Waals surface area contributed by atoms with Crippen LogP contribution in [0.4, 0.5) is 0 Å². The Morgan fingerprint density at radius 1 is 0.941 bits per heavy atom. The summed E-state index contributed by atoms with van der Waals surface area (Å²) in [4.78, 5) is 0. The highest BCUT2D eigenvalue weighted by molar-refractivity contribution is 5.68. The summed E-state index contributed by atoms with van der Waals surface area (Å²) in [5, 5.41) is 9.04. The molecule has 0 saturated heterocycles. The van der Waals surface area contributed by atoms with Gasteiger partial charge in [-0.25, -0.2) is 0 Å². The predicted molar refractivity (Wildman–Crippen MR) is 71.9 cm³/mol. The van der Waals surface area contributed by atoms with Crippen LogP contribution in [0.25, 0.3) is 11.1 Å². The lowest BCUT2D eigenvalue weighted by atomic mass is 9.92. The summed E-state index contributed by atoms with van der Waals surface area (Å²) < 4.78 is 0. The van der Waals surface area contributed by atoms with Crippen molar-refractivity contribution < 1.29 is 5.11 Å². The molecule has 0 aliphatic heterocycles. The van der Waals surface area contributed by atoms with Crippen molar-refractivity contribution in [2.24, 2.45) is 0 Å². The number of aliphatic hydroxyl groups excluding tert-OH is 1. The Morgan fingerprint density at radius 3 is 2.18 bits per heavy atom. The summed E-state index contributed by atoms with van der Waals surface area (Å²) in [7, 11) is 0. The van der Waals surface area contributed by atoms with Crippen molar-refractivity contribution in [1.82, 2.24) is 0 Å². The van der Waals surface area contributed by atoms with E-state index in [9.17, 15) is 0 Å². The molecule has 0 fully saturated rings. The first-order valence-corrected chi connectivity index (χ1v) is 6.01. The molecule has 2 aromatic rings. The lowest BCUT2D eigenvalue weighted by molar-refractivity contribution is 0.282. The van der Waals surface area contributed by atoms with E-state index in [-0.39, 0.29) is 6.61 Å². The van der Waals surface area contributed by atoms with Crippen LogP contribution in [-0.4, -0.2) is 5.11 Å². The summed E-state index contributed by atoms with van der Waals surface area (Å²) in [6, 6.07) is 16.6. The highest BCUT2D eigenvalue weighted by Gasteiger charge is 2.07.